The van der Waals surface area contributed by atoms with Crippen molar-refractivity contribution in [2.45, 2.75) is 19.3 Å². The highest BCUT2D eigenvalue weighted by molar-refractivity contribution is 5.85. The molecule has 1 fully saturated rings. The van der Waals surface area contributed by atoms with Crippen LogP contribution in [0.25, 0.3) is 0 Å². The van der Waals surface area contributed by atoms with Crippen LogP contribution in [0.3, 0.4) is 0 Å². The third-order valence-electron chi connectivity index (χ3n) is 4.12. The minimum Gasteiger partial charge on any atom is -0.493 e. The monoisotopic (exact) mass is 342 g/mol. The average Bonchev–Trinajstić information content (AvgIpc) is 2.55. The Balaban J connectivity index is 0.00000264. The van der Waals surface area contributed by atoms with Gasteiger partial charge in [0.2, 0.25) is 5.91 Å². The second kappa shape index (κ2) is 10.5. The van der Waals surface area contributed by atoms with Gasteiger partial charge in [0, 0.05) is 19.1 Å². The summed E-state index contributed by atoms with van der Waals surface area (Å²) in [5.41, 5.74) is 0.0654. The van der Waals surface area contributed by atoms with Gasteiger partial charge in [0.1, 0.15) is 5.75 Å². The molecule has 0 aromatic heterocycles. The van der Waals surface area contributed by atoms with Gasteiger partial charge >= 0.3 is 0 Å². The lowest BCUT2D eigenvalue weighted by molar-refractivity contribution is -0.122. The normalized spacial score (nSPS) is 16.2. The number of carbonyl (C=O) groups is 1. The molecule has 0 radical (unpaired) electrons. The van der Waals surface area contributed by atoms with Crippen LogP contribution in [0, 0.1) is 5.41 Å². The van der Waals surface area contributed by atoms with Gasteiger partial charge in [0.25, 0.3) is 0 Å². The van der Waals surface area contributed by atoms with Gasteiger partial charge in [-0.05, 0) is 38.1 Å². The predicted octanol–water partition coefficient (Wildman–Crippen LogP) is 2.01. The van der Waals surface area contributed by atoms with E-state index in [1.807, 2.05) is 30.3 Å². The number of para-hydroxylation sites is 1. The van der Waals surface area contributed by atoms with Crippen LogP contribution in [0.4, 0.5) is 0 Å². The third-order valence-corrected chi connectivity index (χ3v) is 4.12. The summed E-state index contributed by atoms with van der Waals surface area (Å²) in [6, 6.07) is 9.55. The molecule has 23 heavy (non-hydrogen) atoms. The lowest BCUT2D eigenvalue weighted by Crippen LogP contribution is -2.47. The van der Waals surface area contributed by atoms with Gasteiger partial charge in [0.05, 0.1) is 19.6 Å². The first-order valence-electron chi connectivity index (χ1n) is 7.88. The number of methoxy groups -OCH3 is 1. The lowest BCUT2D eigenvalue weighted by Gasteiger charge is -2.37. The summed E-state index contributed by atoms with van der Waals surface area (Å²) in [5.74, 6) is 0.828. The molecular formula is C17H27ClN2O3. The fraction of sp³-hybridized carbons (Fsp3) is 0.588. The van der Waals surface area contributed by atoms with Crippen molar-refractivity contribution in [3.63, 3.8) is 0 Å². The first-order valence-corrected chi connectivity index (χ1v) is 7.88. The number of hydrogen-bond donors (Lipinski definition) is 2. The van der Waals surface area contributed by atoms with E-state index in [1.54, 1.807) is 7.11 Å². The van der Waals surface area contributed by atoms with Gasteiger partial charge < -0.3 is 20.1 Å². The zero-order valence-electron chi connectivity index (χ0n) is 13.7. The molecule has 1 heterocycles. The first-order chi connectivity index (χ1) is 10.7. The summed E-state index contributed by atoms with van der Waals surface area (Å²) in [7, 11) is 1.72. The number of ether oxygens (including phenoxy) is 2. The van der Waals surface area contributed by atoms with Crippen LogP contribution >= 0.6 is 12.4 Å². The van der Waals surface area contributed by atoms with Crippen LogP contribution in [0.1, 0.15) is 19.3 Å². The smallest absolute Gasteiger partial charge is 0.223 e. The molecule has 5 nitrogen and oxygen atoms in total. The minimum absolute atomic E-state index is 0. The molecule has 1 aliphatic heterocycles. The molecule has 130 valence electrons. The van der Waals surface area contributed by atoms with Crippen LogP contribution in [0.2, 0.25) is 0 Å². The highest BCUT2D eigenvalue weighted by Crippen LogP contribution is 2.28. The SMILES string of the molecule is COCC1(CNC(=O)CCOc2ccccc2)CCNCC1.Cl. The van der Waals surface area contributed by atoms with E-state index in [2.05, 4.69) is 10.6 Å². The highest BCUT2D eigenvalue weighted by atomic mass is 35.5. The van der Waals surface area contributed by atoms with Crippen LogP contribution in [-0.4, -0.2) is 45.9 Å². The molecule has 2 rings (SSSR count). The number of halogens is 1. The maximum Gasteiger partial charge on any atom is 0.223 e. The second-order valence-electron chi connectivity index (χ2n) is 5.87. The minimum atomic E-state index is 0. The van der Waals surface area contributed by atoms with E-state index in [0.717, 1.165) is 31.7 Å². The van der Waals surface area contributed by atoms with Crippen molar-refractivity contribution in [1.82, 2.24) is 10.6 Å². The maximum absolute atomic E-state index is 12.0. The van der Waals surface area contributed by atoms with Gasteiger partial charge in [-0.3, -0.25) is 4.79 Å². The number of hydrogen-bond acceptors (Lipinski definition) is 4. The van der Waals surface area contributed by atoms with E-state index in [-0.39, 0.29) is 23.7 Å². The van der Waals surface area contributed by atoms with Gasteiger partial charge in [-0.2, -0.15) is 0 Å². The molecule has 0 unspecified atom stereocenters. The Morgan fingerprint density at radius 1 is 1.26 bits per heavy atom. The van der Waals surface area contributed by atoms with Gasteiger partial charge in [-0.25, -0.2) is 0 Å². The predicted molar refractivity (Wildman–Crippen MR) is 93.2 cm³/mol. The Kier molecular flexibility index (Phi) is 8.99. The average molecular weight is 343 g/mol. The van der Waals surface area contributed by atoms with E-state index in [0.29, 0.717) is 26.2 Å². The summed E-state index contributed by atoms with van der Waals surface area (Å²) >= 11 is 0. The van der Waals surface area contributed by atoms with Crippen molar-refractivity contribution in [1.29, 1.82) is 0 Å². The summed E-state index contributed by atoms with van der Waals surface area (Å²) in [4.78, 5) is 12.0. The third kappa shape index (κ3) is 6.77. The number of piperidine rings is 1. The lowest BCUT2D eigenvalue weighted by atomic mass is 9.79. The standard InChI is InChI=1S/C17H26N2O3.ClH/c1-21-14-17(8-10-18-11-9-17)13-19-16(20)7-12-22-15-5-3-2-4-6-15;/h2-6,18H,7-14H2,1H3,(H,19,20);1H. The topological polar surface area (TPSA) is 59.6 Å². The second-order valence-corrected chi connectivity index (χ2v) is 5.87. The van der Waals surface area contributed by atoms with Crippen LogP contribution in [0.5, 0.6) is 5.75 Å². The molecule has 6 heteroatoms. The zero-order chi connectivity index (χ0) is 15.7. The van der Waals surface area contributed by atoms with Crippen LogP contribution < -0.4 is 15.4 Å². The Morgan fingerprint density at radius 3 is 2.61 bits per heavy atom. The summed E-state index contributed by atoms with van der Waals surface area (Å²) < 4.78 is 10.9. The molecule has 2 N–H and O–H groups in total. The van der Waals surface area contributed by atoms with Crippen molar-refractivity contribution in [2.75, 3.05) is 40.0 Å². The van der Waals surface area contributed by atoms with Crippen molar-refractivity contribution in [3.05, 3.63) is 30.3 Å². The van der Waals surface area contributed by atoms with Gasteiger partial charge in [-0.15, -0.1) is 12.4 Å². The molecule has 1 saturated heterocycles. The fourth-order valence-electron chi connectivity index (χ4n) is 2.79. The van der Waals surface area contributed by atoms with Crippen LogP contribution in [-0.2, 0) is 9.53 Å². The molecule has 0 atom stereocenters. The van der Waals surface area contributed by atoms with Crippen molar-refractivity contribution in [3.8, 4) is 5.75 Å². The van der Waals surface area contributed by atoms with E-state index in [9.17, 15) is 4.79 Å². The largest absolute Gasteiger partial charge is 0.493 e. The number of carbonyl (C=O) groups excluding carboxylic acids is 1. The van der Waals surface area contributed by atoms with Gasteiger partial charge in [-0.1, -0.05) is 18.2 Å². The molecule has 1 aromatic rings. The molecule has 0 bridgehead atoms. The molecule has 0 spiro atoms. The molecule has 0 saturated carbocycles. The highest BCUT2D eigenvalue weighted by Gasteiger charge is 2.32. The summed E-state index contributed by atoms with van der Waals surface area (Å²) in [6.07, 6.45) is 2.43. The first kappa shape index (κ1) is 19.7. The molecule has 1 aromatic carbocycles. The Labute approximate surface area is 144 Å². The Morgan fingerprint density at radius 2 is 1.96 bits per heavy atom. The van der Waals surface area contributed by atoms with Crippen LogP contribution in [0.15, 0.2) is 30.3 Å². The van der Waals surface area contributed by atoms with E-state index in [4.69, 9.17) is 9.47 Å². The van der Waals surface area contributed by atoms with Gasteiger partial charge in [0.15, 0.2) is 0 Å². The summed E-state index contributed by atoms with van der Waals surface area (Å²) in [6.45, 7) is 3.73. The Hall–Kier alpha value is -1.30. The van der Waals surface area contributed by atoms with E-state index < -0.39 is 0 Å². The quantitative estimate of drug-likeness (QED) is 0.758. The molecule has 1 amide bonds. The van der Waals surface area contributed by atoms with E-state index >= 15 is 0 Å². The van der Waals surface area contributed by atoms with E-state index in [1.165, 1.54) is 0 Å². The zero-order valence-corrected chi connectivity index (χ0v) is 14.5. The Bertz CT molecular complexity index is 445. The van der Waals surface area contributed by atoms with Crippen molar-refractivity contribution >= 4 is 18.3 Å². The van der Waals surface area contributed by atoms with Crippen molar-refractivity contribution < 1.29 is 14.3 Å². The number of benzene rings is 1. The molecular weight excluding hydrogens is 316 g/mol. The fourth-order valence-corrected chi connectivity index (χ4v) is 2.79. The maximum atomic E-state index is 12.0. The van der Waals surface area contributed by atoms with Crippen molar-refractivity contribution in [2.24, 2.45) is 5.41 Å². The summed E-state index contributed by atoms with van der Waals surface area (Å²) in [5, 5.41) is 6.39. The molecule has 1 aliphatic rings. The molecule has 0 aliphatic carbocycles. The number of nitrogens with one attached hydrogen (secondary N) is 2. The number of amides is 1. The number of rotatable bonds is 8.